The molecule has 2 aromatic carbocycles. The predicted molar refractivity (Wildman–Crippen MR) is 119 cm³/mol. The maximum absolute atomic E-state index is 12.1. The number of carbonyl (C=O) groups is 1. The van der Waals surface area contributed by atoms with E-state index in [1.54, 1.807) is 6.21 Å². The summed E-state index contributed by atoms with van der Waals surface area (Å²) in [5.74, 6) is 0.469. The molecule has 0 N–H and O–H groups in total. The zero-order valence-electron chi connectivity index (χ0n) is 17.4. The molecule has 0 aliphatic heterocycles. The maximum atomic E-state index is 12.1. The Morgan fingerprint density at radius 2 is 1.69 bits per heavy atom. The number of rotatable bonds is 10. The molecule has 0 amide bonds. The van der Waals surface area contributed by atoms with E-state index in [2.05, 4.69) is 65.4 Å². The third kappa shape index (κ3) is 6.97. The average molecular weight is 391 g/mol. The molecule has 2 aromatic rings. The first kappa shape index (κ1) is 21.0. The zero-order valence-corrected chi connectivity index (χ0v) is 17.4. The fourth-order valence-corrected chi connectivity index (χ4v) is 3.20. The smallest absolute Gasteiger partial charge is 0.330 e. The molecule has 0 radical (unpaired) electrons. The summed E-state index contributed by atoms with van der Waals surface area (Å²) < 4.78 is 4.92. The van der Waals surface area contributed by atoms with Crippen molar-refractivity contribution >= 4 is 18.4 Å². The van der Waals surface area contributed by atoms with Crippen molar-refractivity contribution in [2.75, 3.05) is 13.7 Å². The first-order valence-corrected chi connectivity index (χ1v) is 10.4. The molecule has 4 heteroatoms. The van der Waals surface area contributed by atoms with Crippen molar-refractivity contribution in [2.24, 2.45) is 9.98 Å². The average Bonchev–Trinajstić information content (AvgIpc) is 3.59. The van der Waals surface area contributed by atoms with Crippen LogP contribution in [0, 0.1) is 6.92 Å². The lowest BCUT2D eigenvalue weighted by Crippen LogP contribution is -2.20. The lowest BCUT2D eigenvalue weighted by Gasteiger charge is -2.09. The van der Waals surface area contributed by atoms with Gasteiger partial charge in [-0.3, -0.25) is 9.98 Å². The third-order valence-electron chi connectivity index (χ3n) is 5.19. The summed E-state index contributed by atoms with van der Waals surface area (Å²) in [6, 6.07) is 16.3. The van der Waals surface area contributed by atoms with Crippen molar-refractivity contribution in [3.63, 3.8) is 0 Å². The fourth-order valence-electron chi connectivity index (χ4n) is 3.20. The molecule has 4 nitrogen and oxygen atoms in total. The van der Waals surface area contributed by atoms with Crippen molar-refractivity contribution < 1.29 is 9.53 Å². The van der Waals surface area contributed by atoms with Gasteiger partial charge in [0, 0.05) is 19.0 Å². The van der Waals surface area contributed by atoms with Crippen LogP contribution in [0.2, 0.25) is 0 Å². The number of aryl methyl sites for hydroxylation is 1. The zero-order chi connectivity index (χ0) is 20.5. The van der Waals surface area contributed by atoms with Crippen LogP contribution < -0.4 is 0 Å². The summed E-state index contributed by atoms with van der Waals surface area (Å²) in [5, 5.41) is 0. The second kappa shape index (κ2) is 10.7. The Hall–Kier alpha value is -2.75. The van der Waals surface area contributed by atoms with Crippen LogP contribution in [0.4, 0.5) is 0 Å². The van der Waals surface area contributed by atoms with Crippen molar-refractivity contribution in [1.82, 2.24) is 0 Å². The molecule has 1 unspecified atom stereocenters. The van der Waals surface area contributed by atoms with Gasteiger partial charge in [-0.25, -0.2) is 4.79 Å². The van der Waals surface area contributed by atoms with Crippen LogP contribution in [0.15, 0.2) is 58.5 Å². The van der Waals surface area contributed by atoms with E-state index in [9.17, 15) is 4.79 Å². The Kier molecular flexibility index (Phi) is 7.74. The van der Waals surface area contributed by atoms with E-state index < -0.39 is 6.04 Å². The van der Waals surface area contributed by atoms with Gasteiger partial charge in [0.25, 0.3) is 0 Å². The number of esters is 1. The summed E-state index contributed by atoms with van der Waals surface area (Å²) in [4.78, 5) is 21.0. The van der Waals surface area contributed by atoms with Crippen LogP contribution in [0.1, 0.15) is 60.3 Å². The first-order valence-electron chi connectivity index (χ1n) is 10.4. The van der Waals surface area contributed by atoms with Crippen LogP contribution >= 0.6 is 0 Å². The van der Waals surface area contributed by atoms with E-state index in [1.165, 1.54) is 31.1 Å². The molecule has 1 saturated carbocycles. The van der Waals surface area contributed by atoms with Crippen LogP contribution in [0.5, 0.6) is 0 Å². The maximum Gasteiger partial charge on any atom is 0.330 e. The molecule has 3 rings (SSSR count). The van der Waals surface area contributed by atoms with E-state index in [1.807, 2.05) is 6.21 Å². The number of methoxy groups -OCH3 is 1. The molecule has 29 heavy (non-hydrogen) atoms. The van der Waals surface area contributed by atoms with Crippen LogP contribution in [0.3, 0.4) is 0 Å². The van der Waals surface area contributed by atoms with Crippen molar-refractivity contribution in [3.05, 3.63) is 70.8 Å². The quantitative estimate of drug-likeness (QED) is 0.321. The number of benzene rings is 2. The molecule has 1 atom stereocenters. The van der Waals surface area contributed by atoms with Crippen molar-refractivity contribution in [1.29, 1.82) is 0 Å². The van der Waals surface area contributed by atoms with Gasteiger partial charge < -0.3 is 4.74 Å². The Labute approximate surface area is 173 Å². The number of hydrogen-bond donors (Lipinski definition) is 0. The van der Waals surface area contributed by atoms with Gasteiger partial charge in [0.2, 0.25) is 0 Å². The monoisotopic (exact) mass is 390 g/mol. The highest BCUT2D eigenvalue weighted by atomic mass is 16.5. The summed E-state index contributed by atoms with van der Waals surface area (Å²) in [5.41, 5.74) is 4.78. The van der Waals surface area contributed by atoms with E-state index in [4.69, 9.17) is 4.74 Å². The largest absolute Gasteiger partial charge is 0.467 e. The standard InChI is InChI=1S/C25H30N2O2/c1-19-6-8-20(9-7-19)17-26-16-4-3-5-24(25(28)29-2)27-18-21-10-12-22(13-11-21)23-14-15-23/h6-13,17-18,23-24H,3-5,14-16H2,1-2H3. The van der Waals surface area contributed by atoms with Gasteiger partial charge in [-0.15, -0.1) is 0 Å². The number of unbranched alkanes of at least 4 members (excludes halogenated alkanes) is 1. The molecule has 1 fully saturated rings. The van der Waals surface area contributed by atoms with E-state index >= 15 is 0 Å². The second-order valence-corrected chi connectivity index (χ2v) is 7.70. The first-order chi connectivity index (χ1) is 14.2. The lowest BCUT2D eigenvalue weighted by molar-refractivity contribution is -0.142. The SMILES string of the molecule is COC(=O)C(CCCCN=Cc1ccc(C)cc1)N=Cc1ccc(C2CC2)cc1. The van der Waals surface area contributed by atoms with Gasteiger partial charge in [0.15, 0.2) is 0 Å². The van der Waals surface area contributed by atoms with Crippen LogP contribution in [-0.2, 0) is 9.53 Å². The summed E-state index contributed by atoms with van der Waals surface area (Å²) in [7, 11) is 1.42. The van der Waals surface area contributed by atoms with Gasteiger partial charge in [-0.05, 0) is 61.6 Å². The third-order valence-corrected chi connectivity index (χ3v) is 5.19. The Bertz CT molecular complexity index is 834. The Balaban J connectivity index is 1.44. The van der Waals surface area contributed by atoms with Gasteiger partial charge in [0.05, 0.1) is 7.11 Å². The molecular weight excluding hydrogens is 360 g/mol. The molecule has 1 aliphatic carbocycles. The molecule has 0 heterocycles. The van der Waals surface area contributed by atoms with Crippen LogP contribution in [0.25, 0.3) is 0 Å². The van der Waals surface area contributed by atoms with E-state index in [-0.39, 0.29) is 5.97 Å². The highest BCUT2D eigenvalue weighted by Crippen LogP contribution is 2.39. The Morgan fingerprint density at radius 1 is 1.03 bits per heavy atom. The van der Waals surface area contributed by atoms with Gasteiger partial charge >= 0.3 is 5.97 Å². The predicted octanol–water partition coefficient (Wildman–Crippen LogP) is 5.12. The minimum Gasteiger partial charge on any atom is -0.467 e. The number of nitrogens with zero attached hydrogens (tertiary/aromatic N) is 2. The minimum absolute atomic E-state index is 0.279. The normalized spacial score (nSPS) is 15.1. The summed E-state index contributed by atoms with van der Waals surface area (Å²) in [6.45, 7) is 2.82. The molecule has 152 valence electrons. The number of hydrogen-bond acceptors (Lipinski definition) is 4. The second-order valence-electron chi connectivity index (χ2n) is 7.70. The fraction of sp³-hybridized carbons (Fsp3) is 0.400. The molecule has 0 saturated heterocycles. The molecule has 0 bridgehead atoms. The number of carbonyl (C=O) groups excluding carboxylic acids is 1. The van der Waals surface area contributed by atoms with Crippen molar-refractivity contribution in [3.8, 4) is 0 Å². The number of aliphatic imine (C=N–C) groups is 2. The highest BCUT2D eigenvalue weighted by Gasteiger charge is 2.22. The van der Waals surface area contributed by atoms with E-state index in [0.717, 1.165) is 36.4 Å². The van der Waals surface area contributed by atoms with Gasteiger partial charge in [-0.2, -0.15) is 0 Å². The Morgan fingerprint density at radius 3 is 2.34 bits per heavy atom. The lowest BCUT2D eigenvalue weighted by atomic mass is 10.1. The van der Waals surface area contributed by atoms with Crippen molar-refractivity contribution in [2.45, 2.75) is 51.0 Å². The summed E-state index contributed by atoms with van der Waals surface area (Å²) in [6.07, 6.45) is 8.75. The molecule has 0 aromatic heterocycles. The molecule has 0 spiro atoms. The molecular formula is C25H30N2O2. The highest BCUT2D eigenvalue weighted by molar-refractivity contribution is 5.84. The minimum atomic E-state index is -0.454. The van der Waals surface area contributed by atoms with Crippen LogP contribution in [-0.4, -0.2) is 38.1 Å². The van der Waals surface area contributed by atoms with Gasteiger partial charge in [-0.1, -0.05) is 54.1 Å². The topological polar surface area (TPSA) is 51.0 Å². The molecule has 1 aliphatic rings. The number of ether oxygens (including phenoxy) is 1. The van der Waals surface area contributed by atoms with E-state index in [0.29, 0.717) is 6.42 Å². The van der Waals surface area contributed by atoms with Gasteiger partial charge in [0.1, 0.15) is 6.04 Å². The summed E-state index contributed by atoms with van der Waals surface area (Å²) >= 11 is 0.